The summed E-state index contributed by atoms with van der Waals surface area (Å²) in [5, 5.41) is 11.1. The molecule has 20 heavy (non-hydrogen) atoms. The minimum absolute atomic E-state index is 0.0176. The number of hydrogen-bond donors (Lipinski definition) is 3. The largest absolute Gasteiger partial charge is 0.397 e. The molecule has 0 amide bonds. The molecule has 0 radical (unpaired) electrons. The number of nitrogens with one attached hydrogen (secondary N) is 1. The van der Waals surface area contributed by atoms with Gasteiger partial charge in [0.05, 0.1) is 22.6 Å². The summed E-state index contributed by atoms with van der Waals surface area (Å²) in [4.78, 5) is 0. The van der Waals surface area contributed by atoms with Crippen LogP contribution in [0, 0.1) is 23.0 Å². The summed E-state index contributed by atoms with van der Waals surface area (Å²) in [5.41, 5.74) is 11.2. The van der Waals surface area contributed by atoms with E-state index in [1.165, 1.54) is 18.2 Å². The molecule has 0 fully saturated rings. The quantitative estimate of drug-likeness (QED) is 0.741. The highest BCUT2D eigenvalue weighted by Gasteiger charge is 2.15. The van der Waals surface area contributed by atoms with Gasteiger partial charge in [-0.3, -0.25) is 0 Å². The number of nitrogens with two attached hydrogens (primary N) is 2. The number of benzene rings is 2. The van der Waals surface area contributed by atoms with Gasteiger partial charge in [0, 0.05) is 5.69 Å². The Morgan fingerprint density at radius 3 is 2.50 bits per heavy atom. The molecule has 0 aliphatic rings. The van der Waals surface area contributed by atoms with Gasteiger partial charge in [-0.1, -0.05) is 11.6 Å². The first-order valence-corrected chi connectivity index (χ1v) is 5.81. The number of halogens is 3. The number of hydrogen-bond acceptors (Lipinski definition) is 4. The molecule has 0 spiro atoms. The van der Waals surface area contributed by atoms with Gasteiger partial charge in [-0.05, 0) is 24.3 Å². The van der Waals surface area contributed by atoms with Crippen molar-refractivity contribution in [3.63, 3.8) is 0 Å². The lowest BCUT2D eigenvalue weighted by molar-refractivity contribution is 0.624. The Morgan fingerprint density at radius 1 is 1.15 bits per heavy atom. The fourth-order valence-electron chi connectivity index (χ4n) is 1.63. The average Bonchev–Trinajstić information content (AvgIpc) is 2.43. The van der Waals surface area contributed by atoms with Crippen LogP contribution in [0.15, 0.2) is 24.3 Å². The Balaban J connectivity index is 2.46. The second-order valence-corrected chi connectivity index (χ2v) is 4.37. The maximum absolute atomic E-state index is 14.0. The lowest BCUT2D eigenvalue weighted by Gasteiger charge is -2.13. The fraction of sp³-hybridized carbons (Fsp3) is 0. The van der Waals surface area contributed by atoms with Crippen molar-refractivity contribution in [2.45, 2.75) is 0 Å². The first-order chi connectivity index (χ1) is 9.43. The Morgan fingerprint density at radius 2 is 1.85 bits per heavy atom. The van der Waals surface area contributed by atoms with Gasteiger partial charge in [-0.15, -0.1) is 0 Å². The molecule has 0 unspecified atom stereocenters. The van der Waals surface area contributed by atoms with Gasteiger partial charge in [0.25, 0.3) is 0 Å². The predicted octanol–water partition coefficient (Wildman–Crippen LogP) is 3.40. The van der Waals surface area contributed by atoms with Crippen LogP contribution in [0.2, 0.25) is 5.02 Å². The van der Waals surface area contributed by atoms with E-state index in [2.05, 4.69) is 5.32 Å². The maximum atomic E-state index is 14.0. The summed E-state index contributed by atoms with van der Waals surface area (Å²) >= 11 is 5.70. The smallest absolute Gasteiger partial charge is 0.169 e. The first-order valence-electron chi connectivity index (χ1n) is 5.43. The van der Waals surface area contributed by atoms with Crippen LogP contribution in [0.4, 0.5) is 31.5 Å². The topological polar surface area (TPSA) is 87.9 Å². The first kappa shape index (κ1) is 13.9. The second kappa shape index (κ2) is 5.23. The van der Waals surface area contributed by atoms with E-state index in [9.17, 15) is 8.78 Å². The Labute approximate surface area is 118 Å². The zero-order valence-electron chi connectivity index (χ0n) is 10.0. The van der Waals surface area contributed by atoms with Crippen LogP contribution >= 0.6 is 11.6 Å². The average molecular weight is 295 g/mol. The molecule has 0 saturated carbocycles. The van der Waals surface area contributed by atoms with Gasteiger partial charge >= 0.3 is 0 Å². The predicted molar refractivity (Wildman–Crippen MR) is 74.6 cm³/mol. The van der Waals surface area contributed by atoms with Crippen molar-refractivity contribution >= 4 is 34.4 Å². The van der Waals surface area contributed by atoms with Gasteiger partial charge < -0.3 is 16.8 Å². The van der Waals surface area contributed by atoms with Gasteiger partial charge in [0.15, 0.2) is 5.82 Å². The number of anilines is 4. The van der Waals surface area contributed by atoms with E-state index in [0.717, 1.165) is 6.07 Å². The molecule has 0 bridgehead atoms. The van der Waals surface area contributed by atoms with E-state index in [4.69, 9.17) is 28.3 Å². The van der Waals surface area contributed by atoms with Crippen molar-refractivity contribution in [1.82, 2.24) is 0 Å². The fourth-order valence-corrected chi connectivity index (χ4v) is 1.78. The SMILES string of the molecule is N#Cc1cc(Nc2c(N)cc(N)c(Cl)c2F)ccc1F. The van der Waals surface area contributed by atoms with Crippen molar-refractivity contribution in [2.75, 3.05) is 16.8 Å². The zero-order chi connectivity index (χ0) is 14.9. The normalized spacial score (nSPS) is 10.1. The maximum Gasteiger partial charge on any atom is 0.169 e. The Hall–Kier alpha value is -2.52. The van der Waals surface area contributed by atoms with E-state index < -0.39 is 11.6 Å². The molecule has 0 atom stereocenters. The molecule has 0 aliphatic heterocycles. The van der Waals surface area contributed by atoms with Crippen molar-refractivity contribution in [2.24, 2.45) is 0 Å². The van der Waals surface area contributed by atoms with E-state index in [1.807, 2.05) is 0 Å². The Bertz CT molecular complexity index is 725. The van der Waals surface area contributed by atoms with Crippen molar-refractivity contribution in [1.29, 1.82) is 5.26 Å². The molecule has 2 rings (SSSR count). The molecule has 0 heterocycles. The van der Waals surface area contributed by atoms with Gasteiger partial charge in [0.1, 0.15) is 16.9 Å². The summed E-state index contributed by atoms with van der Waals surface area (Å²) in [6.07, 6.45) is 0. The molecule has 5 N–H and O–H groups in total. The molecule has 102 valence electrons. The lowest BCUT2D eigenvalue weighted by atomic mass is 10.2. The molecule has 4 nitrogen and oxygen atoms in total. The molecule has 0 aromatic heterocycles. The second-order valence-electron chi connectivity index (χ2n) is 3.99. The van der Waals surface area contributed by atoms with Crippen molar-refractivity contribution in [3.05, 3.63) is 46.5 Å². The standard InChI is InChI=1S/C13H9ClF2N4/c14-11-9(18)4-10(19)13(12(11)16)20-7-1-2-8(15)6(3-7)5-17/h1-4,20H,18-19H2. The van der Waals surface area contributed by atoms with Crippen LogP contribution in [0.25, 0.3) is 0 Å². The van der Waals surface area contributed by atoms with Gasteiger partial charge in [-0.2, -0.15) is 5.26 Å². The third-order valence-electron chi connectivity index (χ3n) is 2.62. The van der Waals surface area contributed by atoms with Crippen LogP contribution in [0.3, 0.4) is 0 Å². The zero-order valence-corrected chi connectivity index (χ0v) is 10.8. The molecule has 2 aromatic carbocycles. The minimum atomic E-state index is -0.813. The van der Waals surface area contributed by atoms with Crippen LogP contribution in [-0.4, -0.2) is 0 Å². The van der Waals surface area contributed by atoms with E-state index >= 15 is 0 Å². The number of rotatable bonds is 2. The van der Waals surface area contributed by atoms with E-state index in [1.54, 1.807) is 6.07 Å². The summed E-state index contributed by atoms with van der Waals surface area (Å²) in [5.74, 6) is -1.48. The molecule has 0 saturated heterocycles. The highest BCUT2D eigenvalue weighted by atomic mass is 35.5. The molecular weight excluding hydrogens is 286 g/mol. The van der Waals surface area contributed by atoms with E-state index in [0.29, 0.717) is 5.69 Å². The number of nitrogen functional groups attached to an aromatic ring is 2. The van der Waals surface area contributed by atoms with Gasteiger partial charge in [-0.25, -0.2) is 8.78 Å². The van der Waals surface area contributed by atoms with Crippen LogP contribution in [0.5, 0.6) is 0 Å². The Kier molecular flexibility index (Phi) is 3.63. The third kappa shape index (κ3) is 2.44. The highest BCUT2D eigenvalue weighted by Crippen LogP contribution is 2.35. The van der Waals surface area contributed by atoms with Crippen LogP contribution in [0.1, 0.15) is 5.56 Å². The summed E-state index contributed by atoms with van der Waals surface area (Å²) in [7, 11) is 0. The van der Waals surface area contributed by atoms with E-state index in [-0.39, 0.29) is 27.6 Å². The summed E-state index contributed by atoms with van der Waals surface area (Å²) in [6, 6.07) is 6.67. The monoisotopic (exact) mass is 294 g/mol. The molecule has 2 aromatic rings. The molecular formula is C13H9ClF2N4. The van der Waals surface area contributed by atoms with Crippen LogP contribution < -0.4 is 16.8 Å². The number of nitrogens with zero attached hydrogens (tertiary/aromatic N) is 1. The number of nitriles is 1. The van der Waals surface area contributed by atoms with Gasteiger partial charge in [0.2, 0.25) is 0 Å². The third-order valence-corrected chi connectivity index (χ3v) is 3.01. The van der Waals surface area contributed by atoms with Crippen LogP contribution in [-0.2, 0) is 0 Å². The van der Waals surface area contributed by atoms with Crippen molar-refractivity contribution < 1.29 is 8.78 Å². The minimum Gasteiger partial charge on any atom is -0.397 e. The lowest BCUT2D eigenvalue weighted by Crippen LogP contribution is -2.03. The van der Waals surface area contributed by atoms with Crippen molar-refractivity contribution in [3.8, 4) is 6.07 Å². The molecule has 7 heteroatoms. The highest BCUT2D eigenvalue weighted by molar-refractivity contribution is 6.33. The molecule has 0 aliphatic carbocycles. The summed E-state index contributed by atoms with van der Waals surface area (Å²) < 4.78 is 27.2. The summed E-state index contributed by atoms with van der Waals surface area (Å²) in [6.45, 7) is 0.